The van der Waals surface area contributed by atoms with E-state index in [9.17, 15) is 9.90 Å². The molecule has 0 aliphatic heterocycles. The van der Waals surface area contributed by atoms with Crippen LogP contribution in [0.1, 0.15) is 45.3 Å². The van der Waals surface area contributed by atoms with E-state index in [0.29, 0.717) is 19.0 Å². The summed E-state index contributed by atoms with van der Waals surface area (Å²) in [4.78, 5) is 16.0. The fourth-order valence-corrected chi connectivity index (χ4v) is 2.52. The fourth-order valence-electron chi connectivity index (χ4n) is 2.52. The summed E-state index contributed by atoms with van der Waals surface area (Å²) in [7, 11) is 0. The van der Waals surface area contributed by atoms with Crippen molar-refractivity contribution in [2.24, 2.45) is 10.9 Å². The van der Waals surface area contributed by atoms with Crippen LogP contribution in [0.15, 0.2) is 29.3 Å². The molecule has 150 valence electrons. The van der Waals surface area contributed by atoms with Gasteiger partial charge in [0.05, 0.1) is 18.8 Å². The number of benzene rings is 1. The molecule has 4 N–H and O–H groups in total. The van der Waals surface area contributed by atoms with Crippen molar-refractivity contribution in [2.45, 2.75) is 45.8 Å². The number of amides is 1. The lowest BCUT2D eigenvalue weighted by atomic mass is 10.1. The van der Waals surface area contributed by atoms with Crippen LogP contribution in [0.5, 0.6) is 5.75 Å². The van der Waals surface area contributed by atoms with E-state index in [1.165, 1.54) is 0 Å². The van der Waals surface area contributed by atoms with E-state index in [0.717, 1.165) is 30.7 Å². The average Bonchev–Trinajstić information content (AvgIpc) is 3.48. The largest absolute Gasteiger partial charge is 0.491 e. The number of aliphatic hydroxyl groups is 1. The van der Waals surface area contributed by atoms with Gasteiger partial charge in [-0.05, 0) is 51.3 Å². The van der Waals surface area contributed by atoms with Crippen molar-refractivity contribution < 1.29 is 14.6 Å². The zero-order valence-electron chi connectivity index (χ0n) is 16.5. The highest BCUT2D eigenvalue weighted by atomic mass is 16.5. The molecule has 1 aromatic carbocycles. The first-order chi connectivity index (χ1) is 13.0. The van der Waals surface area contributed by atoms with E-state index >= 15 is 0 Å². The monoisotopic (exact) mass is 376 g/mol. The quantitative estimate of drug-likeness (QED) is 0.283. The molecule has 1 aromatic rings. The Balaban J connectivity index is 1.78. The predicted octanol–water partition coefficient (Wildman–Crippen LogP) is 1.59. The van der Waals surface area contributed by atoms with Crippen molar-refractivity contribution in [3.05, 3.63) is 29.8 Å². The first-order valence-corrected chi connectivity index (χ1v) is 9.74. The SMILES string of the molecule is CCNC(=NCC(O)c1ccc(OC(C)C)cc1)NCCNC(=O)C1CC1. The number of hydrogen-bond donors (Lipinski definition) is 4. The van der Waals surface area contributed by atoms with E-state index in [2.05, 4.69) is 20.9 Å². The molecule has 1 amide bonds. The molecule has 0 aromatic heterocycles. The fraction of sp³-hybridized carbons (Fsp3) is 0.600. The van der Waals surface area contributed by atoms with Gasteiger partial charge < -0.3 is 25.8 Å². The van der Waals surface area contributed by atoms with Crippen LogP contribution in [0.4, 0.5) is 0 Å². The third-order valence-electron chi connectivity index (χ3n) is 4.07. The first-order valence-electron chi connectivity index (χ1n) is 9.74. The maximum absolute atomic E-state index is 11.6. The van der Waals surface area contributed by atoms with Crippen molar-refractivity contribution in [1.29, 1.82) is 0 Å². The minimum Gasteiger partial charge on any atom is -0.491 e. The molecule has 1 atom stereocenters. The molecular formula is C20H32N4O3. The van der Waals surface area contributed by atoms with Crippen LogP contribution < -0.4 is 20.7 Å². The van der Waals surface area contributed by atoms with Gasteiger partial charge in [-0.2, -0.15) is 0 Å². The molecular weight excluding hydrogens is 344 g/mol. The Hall–Kier alpha value is -2.28. The number of carbonyl (C=O) groups is 1. The maximum atomic E-state index is 11.6. The topological polar surface area (TPSA) is 95.0 Å². The highest BCUT2D eigenvalue weighted by Crippen LogP contribution is 2.28. The van der Waals surface area contributed by atoms with Crippen LogP contribution in [-0.4, -0.2) is 49.3 Å². The summed E-state index contributed by atoms with van der Waals surface area (Å²) >= 11 is 0. The third kappa shape index (κ3) is 7.86. The van der Waals surface area contributed by atoms with Crippen molar-refractivity contribution in [2.75, 3.05) is 26.2 Å². The Morgan fingerprint density at radius 1 is 1.19 bits per heavy atom. The smallest absolute Gasteiger partial charge is 0.223 e. The third-order valence-corrected chi connectivity index (χ3v) is 4.07. The Morgan fingerprint density at radius 3 is 2.44 bits per heavy atom. The van der Waals surface area contributed by atoms with Crippen LogP contribution in [-0.2, 0) is 4.79 Å². The molecule has 0 spiro atoms. The summed E-state index contributed by atoms with van der Waals surface area (Å²) in [5.41, 5.74) is 0.794. The summed E-state index contributed by atoms with van der Waals surface area (Å²) < 4.78 is 5.61. The Bertz CT molecular complexity index is 612. The zero-order chi connectivity index (χ0) is 19.6. The van der Waals surface area contributed by atoms with Crippen LogP contribution in [0.25, 0.3) is 0 Å². The van der Waals surface area contributed by atoms with E-state index in [1.54, 1.807) is 0 Å². The van der Waals surface area contributed by atoms with Gasteiger partial charge in [-0.1, -0.05) is 12.1 Å². The van der Waals surface area contributed by atoms with Gasteiger partial charge in [0, 0.05) is 25.6 Å². The summed E-state index contributed by atoms with van der Waals surface area (Å²) in [6.45, 7) is 8.04. The number of ether oxygens (including phenoxy) is 1. The summed E-state index contributed by atoms with van der Waals surface area (Å²) in [5, 5.41) is 19.6. The molecule has 0 saturated heterocycles. The number of nitrogens with zero attached hydrogens (tertiary/aromatic N) is 1. The van der Waals surface area contributed by atoms with E-state index in [1.807, 2.05) is 45.0 Å². The summed E-state index contributed by atoms with van der Waals surface area (Å²) in [5.74, 6) is 1.77. The van der Waals surface area contributed by atoms with Gasteiger partial charge in [0.25, 0.3) is 0 Å². The minimum atomic E-state index is -0.692. The normalized spacial score (nSPS) is 15.4. The number of carbonyl (C=O) groups excluding carboxylic acids is 1. The Morgan fingerprint density at radius 2 is 1.85 bits per heavy atom. The van der Waals surface area contributed by atoms with Crippen LogP contribution in [0.2, 0.25) is 0 Å². The standard InChI is InChI=1S/C20H32N4O3/c1-4-21-20(23-12-11-22-19(26)16-5-6-16)24-13-18(25)15-7-9-17(10-8-15)27-14(2)3/h7-10,14,16,18,25H,4-6,11-13H2,1-3H3,(H,22,26)(H2,21,23,24). The molecule has 1 aliphatic carbocycles. The van der Waals surface area contributed by atoms with Crippen molar-refractivity contribution in [3.8, 4) is 5.75 Å². The number of hydrogen-bond acceptors (Lipinski definition) is 4. The molecule has 1 unspecified atom stereocenters. The summed E-state index contributed by atoms with van der Waals surface area (Å²) in [6.07, 6.45) is 1.44. The van der Waals surface area contributed by atoms with Crippen LogP contribution in [0, 0.1) is 5.92 Å². The average molecular weight is 377 g/mol. The number of aliphatic hydroxyl groups excluding tert-OH is 1. The lowest BCUT2D eigenvalue weighted by Crippen LogP contribution is -2.42. The minimum absolute atomic E-state index is 0.119. The van der Waals surface area contributed by atoms with Crippen molar-refractivity contribution in [3.63, 3.8) is 0 Å². The van der Waals surface area contributed by atoms with Gasteiger partial charge in [0.2, 0.25) is 5.91 Å². The van der Waals surface area contributed by atoms with Gasteiger partial charge >= 0.3 is 0 Å². The molecule has 1 saturated carbocycles. The number of guanidine groups is 1. The van der Waals surface area contributed by atoms with Gasteiger partial charge in [-0.3, -0.25) is 9.79 Å². The van der Waals surface area contributed by atoms with Crippen LogP contribution in [0.3, 0.4) is 0 Å². The molecule has 0 radical (unpaired) electrons. The van der Waals surface area contributed by atoms with Crippen molar-refractivity contribution in [1.82, 2.24) is 16.0 Å². The second-order valence-electron chi connectivity index (χ2n) is 6.96. The molecule has 1 aliphatic rings. The molecule has 2 rings (SSSR count). The lowest BCUT2D eigenvalue weighted by molar-refractivity contribution is -0.122. The highest BCUT2D eigenvalue weighted by molar-refractivity contribution is 5.81. The van der Waals surface area contributed by atoms with Gasteiger partial charge in [-0.15, -0.1) is 0 Å². The molecule has 27 heavy (non-hydrogen) atoms. The number of aliphatic imine (C=N–C) groups is 1. The first kappa shape index (κ1) is 21.0. The Kier molecular flexibility index (Phi) is 8.39. The van der Waals surface area contributed by atoms with Gasteiger partial charge in [0.1, 0.15) is 5.75 Å². The second-order valence-corrected chi connectivity index (χ2v) is 6.96. The lowest BCUT2D eigenvalue weighted by Gasteiger charge is -2.14. The van der Waals surface area contributed by atoms with Crippen molar-refractivity contribution >= 4 is 11.9 Å². The highest BCUT2D eigenvalue weighted by Gasteiger charge is 2.28. The summed E-state index contributed by atoms with van der Waals surface area (Å²) in [6, 6.07) is 7.42. The Labute approximate surface area is 161 Å². The number of rotatable bonds is 10. The predicted molar refractivity (Wildman–Crippen MR) is 107 cm³/mol. The van der Waals surface area contributed by atoms with Gasteiger partial charge in [0.15, 0.2) is 5.96 Å². The van der Waals surface area contributed by atoms with E-state index in [4.69, 9.17) is 4.74 Å². The van der Waals surface area contributed by atoms with Crippen LogP contribution >= 0.6 is 0 Å². The van der Waals surface area contributed by atoms with E-state index in [-0.39, 0.29) is 24.5 Å². The molecule has 1 fully saturated rings. The second kappa shape index (κ2) is 10.8. The maximum Gasteiger partial charge on any atom is 0.223 e. The molecule has 7 heteroatoms. The molecule has 0 heterocycles. The molecule has 7 nitrogen and oxygen atoms in total. The zero-order valence-corrected chi connectivity index (χ0v) is 16.5. The molecule has 0 bridgehead atoms. The number of nitrogens with one attached hydrogen (secondary N) is 3. The van der Waals surface area contributed by atoms with E-state index < -0.39 is 6.10 Å². The van der Waals surface area contributed by atoms with Gasteiger partial charge in [-0.25, -0.2) is 0 Å².